The maximum absolute atomic E-state index is 11.9. The molecule has 9 heteroatoms. The van der Waals surface area contributed by atoms with E-state index in [9.17, 15) is 19.2 Å². The van der Waals surface area contributed by atoms with E-state index in [-0.39, 0.29) is 13.1 Å². The molecule has 0 aromatic heterocycles. The maximum Gasteiger partial charge on any atom is 0.408 e. The van der Waals surface area contributed by atoms with E-state index in [0.717, 1.165) is 0 Å². The van der Waals surface area contributed by atoms with E-state index in [1.165, 1.54) is 0 Å². The summed E-state index contributed by atoms with van der Waals surface area (Å²) in [6.07, 6.45) is 0.315. The van der Waals surface area contributed by atoms with Gasteiger partial charge in [0.25, 0.3) is 0 Å². The molecule has 0 aromatic rings. The fourth-order valence-corrected chi connectivity index (χ4v) is 1.57. The lowest BCUT2D eigenvalue weighted by atomic mass is 10.1. The van der Waals surface area contributed by atoms with Crippen molar-refractivity contribution < 1.29 is 23.9 Å². The molecule has 132 valence electrons. The Morgan fingerprint density at radius 2 is 1.70 bits per heavy atom. The molecule has 5 N–H and O–H groups in total. The van der Waals surface area contributed by atoms with Crippen LogP contribution in [0, 0.1) is 0 Å². The lowest BCUT2D eigenvalue weighted by molar-refractivity contribution is -0.129. The van der Waals surface area contributed by atoms with Crippen molar-refractivity contribution in [3.8, 4) is 0 Å². The second kappa shape index (κ2) is 9.65. The van der Waals surface area contributed by atoms with Gasteiger partial charge in [0.05, 0.1) is 6.54 Å². The molecule has 0 rings (SSSR count). The third kappa shape index (κ3) is 11.0. The van der Waals surface area contributed by atoms with Crippen molar-refractivity contribution in [2.24, 2.45) is 5.73 Å². The summed E-state index contributed by atoms with van der Waals surface area (Å²) in [5.41, 5.74) is 4.28. The molecule has 0 heterocycles. The number of alkyl carbamates (subject to hydrolysis) is 1. The van der Waals surface area contributed by atoms with Crippen molar-refractivity contribution in [3.63, 3.8) is 0 Å². The molecule has 0 bridgehead atoms. The van der Waals surface area contributed by atoms with E-state index in [2.05, 4.69) is 16.0 Å². The second-order valence-corrected chi connectivity index (χ2v) is 5.95. The van der Waals surface area contributed by atoms with Gasteiger partial charge >= 0.3 is 6.09 Å². The van der Waals surface area contributed by atoms with Crippen LogP contribution in [0.25, 0.3) is 0 Å². The highest BCUT2D eigenvalue weighted by atomic mass is 16.6. The number of rotatable bonds is 8. The molecule has 1 atom stereocenters. The average molecular weight is 330 g/mol. The summed E-state index contributed by atoms with van der Waals surface area (Å²) < 4.78 is 4.99. The van der Waals surface area contributed by atoms with Gasteiger partial charge in [-0.2, -0.15) is 0 Å². The summed E-state index contributed by atoms with van der Waals surface area (Å²) in [7, 11) is 0. The van der Waals surface area contributed by atoms with Gasteiger partial charge in [0.1, 0.15) is 18.2 Å². The maximum atomic E-state index is 11.9. The quantitative estimate of drug-likeness (QED) is 0.470. The Kier molecular flexibility index (Phi) is 8.67. The number of primary amides is 1. The molecule has 0 aliphatic rings. The summed E-state index contributed by atoms with van der Waals surface area (Å²) in [5.74, 6) is -1.72. The predicted molar refractivity (Wildman–Crippen MR) is 83.3 cm³/mol. The van der Waals surface area contributed by atoms with Crippen molar-refractivity contribution in [1.29, 1.82) is 0 Å². The first-order valence-corrected chi connectivity index (χ1v) is 7.37. The van der Waals surface area contributed by atoms with Gasteiger partial charge in [0.15, 0.2) is 0 Å². The summed E-state index contributed by atoms with van der Waals surface area (Å²) in [6, 6.07) is -0.799. The van der Waals surface area contributed by atoms with E-state index in [1.54, 1.807) is 20.8 Å². The first kappa shape index (κ1) is 20.7. The Hall–Kier alpha value is -2.32. The fraction of sp³-hybridized carbons (Fsp3) is 0.714. The molecule has 0 aromatic carbocycles. The molecule has 0 saturated heterocycles. The third-order valence-electron chi connectivity index (χ3n) is 2.46. The monoisotopic (exact) mass is 330 g/mol. The highest BCUT2D eigenvalue weighted by Gasteiger charge is 2.21. The smallest absolute Gasteiger partial charge is 0.408 e. The molecule has 0 saturated carbocycles. The topological polar surface area (TPSA) is 140 Å². The van der Waals surface area contributed by atoms with Gasteiger partial charge in [0.2, 0.25) is 17.7 Å². The summed E-state index contributed by atoms with van der Waals surface area (Å²) in [5, 5.41) is 7.11. The number of hydrogen-bond acceptors (Lipinski definition) is 5. The van der Waals surface area contributed by atoms with E-state index in [1.807, 2.05) is 6.92 Å². The third-order valence-corrected chi connectivity index (χ3v) is 2.46. The zero-order chi connectivity index (χ0) is 18.0. The molecule has 9 nitrogen and oxygen atoms in total. The van der Waals surface area contributed by atoms with Gasteiger partial charge in [-0.05, 0) is 27.2 Å². The molecule has 0 aliphatic carbocycles. The van der Waals surface area contributed by atoms with Gasteiger partial charge in [-0.25, -0.2) is 4.79 Å². The number of carbonyl (C=O) groups excluding carboxylic acids is 4. The van der Waals surface area contributed by atoms with Crippen molar-refractivity contribution in [2.45, 2.75) is 52.2 Å². The first-order valence-electron chi connectivity index (χ1n) is 7.37. The average Bonchev–Trinajstić information content (AvgIpc) is 2.40. The number of ether oxygens (including phenoxy) is 1. The van der Waals surface area contributed by atoms with E-state index >= 15 is 0 Å². The molecule has 0 spiro atoms. The molecule has 0 radical (unpaired) electrons. The fourth-order valence-electron chi connectivity index (χ4n) is 1.57. The first-order chi connectivity index (χ1) is 10.5. The van der Waals surface area contributed by atoms with Gasteiger partial charge < -0.3 is 26.4 Å². The number of carbonyl (C=O) groups is 4. The second-order valence-electron chi connectivity index (χ2n) is 5.95. The highest BCUT2D eigenvalue weighted by Crippen LogP contribution is 2.06. The van der Waals surface area contributed by atoms with Crippen LogP contribution < -0.4 is 21.7 Å². The van der Waals surface area contributed by atoms with Crippen LogP contribution in [0.4, 0.5) is 4.79 Å². The van der Waals surface area contributed by atoms with Crippen LogP contribution >= 0.6 is 0 Å². The SMILES string of the molecule is CCC[C@H](NC(=O)CNC(=O)OC(C)(C)C)C(=O)NCC(N)=O. The number of hydrogen-bond donors (Lipinski definition) is 4. The van der Waals surface area contributed by atoms with E-state index in [0.29, 0.717) is 12.8 Å². The van der Waals surface area contributed by atoms with Crippen LogP contribution in [-0.2, 0) is 19.1 Å². The predicted octanol–water partition coefficient (Wildman–Crippen LogP) is -0.602. The van der Waals surface area contributed by atoms with Crippen molar-refractivity contribution in [1.82, 2.24) is 16.0 Å². The van der Waals surface area contributed by atoms with Crippen LogP contribution in [-0.4, -0.2) is 48.5 Å². The molecule has 4 amide bonds. The standard InChI is InChI=1S/C14H26N4O5/c1-5-6-9(12(21)16-7-10(15)19)18-11(20)8-17-13(22)23-14(2,3)4/h9H,5-8H2,1-4H3,(H2,15,19)(H,16,21)(H,17,22)(H,18,20)/t9-/m0/s1. The summed E-state index contributed by atoms with van der Waals surface area (Å²) in [6.45, 7) is 6.33. The number of nitrogens with two attached hydrogens (primary N) is 1. The highest BCUT2D eigenvalue weighted by molar-refractivity contribution is 5.91. The molecule has 23 heavy (non-hydrogen) atoms. The zero-order valence-electron chi connectivity index (χ0n) is 14.0. The Labute approximate surface area is 135 Å². The Bertz CT molecular complexity index is 445. The van der Waals surface area contributed by atoms with Crippen molar-refractivity contribution in [3.05, 3.63) is 0 Å². The largest absolute Gasteiger partial charge is 0.444 e. The van der Waals surface area contributed by atoms with E-state index < -0.39 is 35.5 Å². The molecule has 0 fully saturated rings. The normalized spacial score (nSPS) is 12.0. The number of nitrogens with one attached hydrogen (secondary N) is 3. The van der Waals surface area contributed by atoms with E-state index in [4.69, 9.17) is 10.5 Å². The van der Waals surface area contributed by atoms with Crippen LogP contribution in [0.1, 0.15) is 40.5 Å². The van der Waals surface area contributed by atoms with Crippen molar-refractivity contribution in [2.75, 3.05) is 13.1 Å². The van der Waals surface area contributed by atoms with Crippen LogP contribution in [0.3, 0.4) is 0 Å². The minimum Gasteiger partial charge on any atom is -0.444 e. The number of amides is 4. The lowest BCUT2D eigenvalue weighted by Crippen LogP contribution is -2.50. The van der Waals surface area contributed by atoms with Gasteiger partial charge in [-0.15, -0.1) is 0 Å². The minimum atomic E-state index is -0.799. The summed E-state index contributed by atoms with van der Waals surface area (Å²) >= 11 is 0. The lowest BCUT2D eigenvalue weighted by Gasteiger charge is -2.20. The Morgan fingerprint density at radius 1 is 1.09 bits per heavy atom. The molecule has 0 unspecified atom stereocenters. The van der Waals surface area contributed by atoms with Crippen molar-refractivity contribution >= 4 is 23.8 Å². The zero-order valence-corrected chi connectivity index (χ0v) is 14.0. The van der Waals surface area contributed by atoms with Crippen LogP contribution in [0.5, 0.6) is 0 Å². The van der Waals surface area contributed by atoms with Crippen LogP contribution in [0.2, 0.25) is 0 Å². The minimum absolute atomic E-state index is 0.301. The Balaban J connectivity index is 4.36. The van der Waals surface area contributed by atoms with Gasteiger partial charge in [-0.1, -0.05) is 13.3 Å². The molecular weight excluding hydrogens is 304 g/mol. The summed E-state index contributed by atoms with van der Waals surface area (Å²) in [4.78, 5) is 45.7. The molecule has 0 aliphatic heterocycles. The van der Waals surface area contributed by atoms with Crippen LogP contribution in [0.15, 0.2) is 0 Å². The molecular formula is C14H26N4O5. The van der Waals surface area contributed by atoms with Gasteiger partial charge in [0, 0.05) is 0 Å². The Morgan fingerprint density at radius 3 is 2.17 bits per heavy atom. The van der Waals surface area contributed by atoms with Gasteiger partial charge in [-0.3, -0.25) is 14.4 Å².